The fourth-order valence-electron chi connectivity index (χ4n) is 0.161. The molecule has 0 aliphatic rings. The summed E-state index contributed by atoms with van der Waals surface area (Å²) in [5.41, 5.74) is 0. The third-order valence-corrected chi connectivity index (χ3v) is 1.75. The Hall–Kier alpha value is 3.05. The van der Waals surface area contributed by atoms with E-state index in [9.17, 15) is 13.0 Å². The molecule has 0 bridgehead atoms. The van der Waals surface area contributed by atoms with Gasteiger partial charge in [-0.3, -0.25) is 0 Å². The van der Waals surface area contributed by atoms with Gasteiger partial charge in [0.1, 0.15) is 0 Å². The molecular weight excluding hydrogens is 323 g/mol. The van der Waals surface area contributed by atoms with Gasteiger partial charge >= 0.3 is 58.2 Å². The monoisotopic (exact) mass is 330 g/mol. The molecule has 0 rings (SSSR count). The molecule has 0 aromatic rings. The minimum absolute atomic E-state index is 0. The first-order valence-corrected chi connectivity index (χ1v) is 5.14. The zero-order valence-electron chi connectivity index (χ0n) is 5.92. The van der Waals surface area contributed by atoms with Gasteiger partial charge in [-0.05, 0) is 17.6 Å². The minimum atomic E-state index is -2.26. The van der Waals surface area contributed by atoms with Crippen LogP contribution in [0.25, 0.3) is 0 Å². The van der Waals surface area contributed by atoms with Crippen LogP contribution in [0.2, 0.25) is 0 Å². The van der Waals surface area contributed by atoms with Crippen LogP contribution in [0.15, 0.2) is 0 Å². The van der Waals surface area contributed by atoms with Crippen LogP contribution in [0.1, 0.15) is 0 Å². The fourth-order valence-corrected chi connectivity index (χ4v) is 1.45. The van der Waals surface area contributed by atoms with Crippen molar-refractivity contribution in [2.75, 3.05) is 13.0 Å². The molecule has 1 radical (unpaired) electrons. The average molecular weight is 330 g/mol. The summed E-state index contributed by atoms with van der Waals surface area (Å²) in [7, 11) is -3.94. The van der Waals surface area contributed by atoms with E-state index in [1.54, 1.807) is 0 Å². The van der Waals surface area contributed by atoms with Gasteiger partial charge < -0.3 is 17.7 Å². The van der Waals surface area contributed by atoms with E-state index >= 15 is 0 Å². The number of hydrogen-bond acceptors (Lipinski definition) is 4. The summed E-state index contributed by atoms with van der Waals surface area (Å²) in [6, 6.07) is 0. The van der Waals surface area contributed by atoms with E-state index in [-0.39, 0.29) is 97.2 Å². The Morgan fingerprint density at radius 1 is 1.50 bits per heavy atom. The summed E-state index contributed by atoms with van der Waals surface area (Å²) >= 11 is 0. The van der Waals surface area contributed by atoms with E-state index in [1.807, 2.05) is 4.72 Å². The quantitative estimate of drug-likeness (QED) is 0.442. The van der Waals surface area contributed by atoms with Crippen molar-refractivity contribution < 1.29 is 104 Å². The first-order valence-electron chi connectivity index (χ1n) is 1.95. The van der Waals surface area contributed by atoms with E-state index in [0.717, 1.165) is 0 Å². The van der Waals surface area contributed by atoms with E-state index < -0.39 is 18.7 Å². The Kier molecular flexibility index (Phi) is 22.6. The zero-order valence-corrected chi connectivity index (χ0v) is 15.5. The van der Waals surface area contributed by atoms with E-state index in [1.165, 1.54) is 6.66 Å². The van der Waals surface area contributed by atoms with Crippen LogP contribution in [0.5, 0.6) is 0 Å². The Balaban J connectivity index is -0.000000245. The van der Waals surface area contributed by atoms with Crippen molar-refractivity contribution in [3.63, 3.8) is 0 Å². The largest absolute Gasteiger partial charge is 1.00 e. The molecule has 0 saturated carbocycles. The summed E-state index contributed by atoms with van der Waals surface area (Å²) in [5.74, 6) is 0. The zero-order chi connectivity index (χ0) is 6.57. The number of nitrogens with one attached hydrogen (secondary N) is 1. The maximum atomic E-state index is 10.2. The predicted octanol–water partition coefficient (Wildman–Crippen LogP) is -3.05. The predicted molar refractivity (Wildman–Crippen MR) is 31.7 cm³/mol. The summed E-state index contributed by atoms with van der Waals surface area (Å²) in [4.78, 5) is 0. The van der Waals surface area contributed by atoms with Crippen LogP contribution in [-0.4, -0.2) is 13.0 Å². The smallest absolute Gasteiger partial charge is 0.409 e. The van der Waals surface area contributed by atoms with Crippen molar-refractivity contribution >= 4 is 18.7 Å². The van der Waals surface area contributed by atoms with Gasteiger partial charge in [0, 0.05) is 39.0 Å². The molecule has 0 aromatic heterocycles. The van der Waals surface area contributed by atoms with Gasteiger partial charge in [-0.2, -0.15) is 0 Å². The molecule has 0 aliphatic heterocycles. The van der Waals surface area contributed by atoms with Crippen LogP contribution in [-0.2, 0) is 56.6 Å². The molecule has 0 fully saturated rings. The van der Waals surface area contributed by atoms with Crippen molar-refractivity contribution in [1.82, 2.24) is 4.72 Å². The second-order valence-corrected chi connectivity index (χ2v) is 3.77. The molecule has 1 atom stereocenters. The summed E-state index contributed by atoms with van der Waals surface area (Å²) in [6.45, 7) is 1.49. The fraction of sp³-hybridized carbons (Fsp3) is 1.00. The van der Waals surface area contributed by atoms with E-state index in [4.69, 9.17) is 0 Å². The van der Waals surface area contributed by atoms with Gasteiger partial charge in [-0.15, -0.1) is 0 Å². The van der Waals surface area contributed by atoms with Gasteiger partial charge in [0.2, 0.25) is 0 Å². The molecule has 0 aromatic carbocycles. The number of rotatable bonds is 3. The first kappa shape index (κ1) is 18.8. The third kappa shape index (κ3) is 17.2. The molecule has 10 heavy (non-hydrogen) atoms. The molecule has 0 spiro atoms. The Morgan fingerprint density at radius 3 is 2.00 bits per heavy atom. The van der Waals surface area contributed by atoms with Gasteiger partial charge in [0.05, 0.1) is 7.80 Å². The van der Waals surface area contributed by atoms with Crippen molar-refractivity contribution in [2.24, 2.45) is 0 Å². The van der Waals surface area contributed by atoms with Crippen molar-refractivity contribution in [3.05, 3.63) is 0 Å². The van der Waals surface area contributed by atoms with Crippen molar-refractivity contribution in [1.29, 1.82) is 0 Å². The molecular formula is C2H7NO3PRbSY. The van der Waals surface area contributed by atoms with E-state index in [2.05, 4.69) is 0 Å². The summed E-state index contributed by atoms with van der Waals surface area (Å²) in [5, 5.41) is 0. The number of hydrogen-bond donors (Lipinski definition) is 1. The first-order chi connectivity index (χ1) is 3.63. The van der Waals surface area contributed by atoms with Gasteiger partial charge in [0.25, 0.3) is 0 Å². The van der Waals surface area contributed by atoms with Gasteiger partial charge in [-0.25, -0.2) is 0 Å². The molecule has 0 aliphatic carbocycles. The molecule has 0 saturated heterocycles. The van der Waals surface area contributed by atoms with E-state index in [0.29, 0.717) is 0 Å². The topological polar surface area (TPSA) is 63.2 Å². The molecule has 1 unspecified atom stereocenters. The van der Waals surface area contributed by atoms with Gasteiger partial charge in [0.15, 0.2) is 0 Å². The summed E-state index contributed by atoms with van der Waals surface area (Å²) in [6.07, 6.45) is 0.0702. The minimum Gasteiger partial charge on any atom is -0.409 e. The van der Waals surface area contributed by atoms with Crippen LogP contribution in [0, 0.1) is 0 Å². The molecule has 4 nitrogen and oxygen atoms in total. The normalized spacial score (nSPS) is 11.4. The Morgan fingerprint density at radius 2 is 1.90 bits per heavy atom. The average Bonchev–Trinajstić information content (AvgIpc) is 1.61. The van der Waals surface area contributed by atoms with Crippen LogP contribution < -0.4 is 62.9 Å². The molecule has 1 N–H and O–H groups in total. The van der Waals surface area contributed by atoms with Gasteiger partial charge in [-0.1, -0.05) is 0 Å². The molecule has 0 heterocycles. The molecule has 8 heteroatoms. The Labute approximate surface area is 137 Å². The van der Waals surface area contributed by atoms with Crippen LogP contribution in [0.4, 0.5) is 0 Å². The second kappa shape index (κ2) is 12.0. The molecule has 0 amide bonds. The van der Waals surface area contributed by atoms with Crippen LogP contribution in [0.3, 0.4) is 0 Å². The maximum absolute atomic E-state index is 10.2. The third-order valence-electron chi connectivity index (χ3n) is 0.439. The van der Waals surface area contributed by atoms with Crippen molar-refractivity contribution in [2.45, 2.75) is 0 Å². The Bertz CT molecular complexity index is 155. The maximum Gasteiger partial charge on any atom is 1.00 e. The molecule has 53 valence electrons. The standard InChI is InChI=1S/C2H7NO3PS.Rb.Y/c1-7(4)2-3-8(5)6;;/h7H,2H2,1H3,(H,3,5,6);;/q-1;+1;. The second-order valence-electron chi connectivity index (χ2n) is 1.26. The SMILES string of the molecule is C[PH](=O)CN[S-](=O)=O.[Rb+].[Y]. The van der Waals surface area contributed by atoms with Crippen LogP contribution >= 0.6 is 7.80 Å². The summed E-state index contributed by atoms with van der Waals surface area (Å²) < 4.78 is 31.5. The van der Waals surface area contributed by atoms with Crippen molar-refractivity contribution in [3.8, 4) is 0 Å².